The Morgan fingerprint density at radius 3 is 2.68 bits per heavy atom. The van der Waals surface area contributed by atoms with E-state index in [0.717, 1.165) is 5.69 Å². The summed E-state index contributed by atoms with van der Waals surface area (Å²) in [6, 6.07) is 5.14. The number of rotatable bonds is 3. The van der Waals surface area contributed by atoms with Crippen LogP contribution in [0, 0.1) is 0 Å². The molecule has 102 valence electrons. The molecule has 0 bridgehead atoms. The van der Waals surface area contributed by atoms with Crippen LogP contribution in [0.1, 0.15) is 30.6 Å². The molecule has 1 aromatic rings. The summed E-state index contributed by atoms with van der Waals surface area (Å²) in [5.41, 5.74) is 1.44. The Hall–Kier alpha value is -2.04. The van der Waals surface area contributed by atoms with Crippen LogP contribution in [0.4, 0.5) is 5.69 Å². The van der Waals surface area contributed by atoms with E-state index in [9.17, 15) is 9.59 Å². The summed E-state index contributed by atoms with van der Waals surface area (Å²) >= 11 is 0. The smallest absolute Gasteiger partial charge is 0.307 e. The Bertz CT molecular complexity index is 526. The zero-order valence-electron chi connectivity index (χ0n) is 11.2. The Kier molecular flexibility index (Phi) is 3.46. The van der Waals surface area contributed by atoms with Crippen molar-refractivity contribution < 1.29 is 19.4 Å². The molecule has 1 heterocycles. The van der Waals surface area contributed by atoms with Crippen molar-refractivity contribution >= 4 is 17.4 Å². The zero-order valence-corrected chi connectivity index (χ0v) is 11.2. The second kappa shape index (κ2) is 4.91. The lowest BCUT2D eigenvalue weighted by atomic mass is 10.0. The second-order valence-electron chi connectivity index (χ2n) is 4.84. The number of hydrogen-bond donors (Lipinski definition) is 1. The molecule has 0 amide bonds. The van der Waals surface area contributed by atoms with E-state index in [1.54, 1.807) is 18.2 Å². The molecule has 0 saturated heterocycles. The van der Waals surface area contributed by atoms with Crippen LogP contribution >= 0.6 is 0 Å². The molecular weight excluding hydrogens is 246 g/mol. The van der Waals surface area contributed by atoms with E-state index < -0.39 is 12.1 Å². The first-order valence-corrected chi connectivity index (χ1v) is 6.16. The zero-order chi connectivity index (χ0) is 14.2. The molecule has 0 fully saturated rings. The molecule has 1 aliphatic heterocycles. The highest BCUT2D eigenvalue weighted by molar-refractivity contribution is 5.95. The monoisotopic (exact) mass is 263 g/mol. The fourth-order valence-corrected chi connectivity index (χ4v) is 2.23. The van der Waals surface area contributed by atoms with Crippen LogP contribution < -0.4 is 9.64 Å². The van der Waals surface area contributed by atoms with Gasteiger partial charge in [0.1, 0.15) is 11.9 Å². The average molecular weight is 263 g/mol. The number of likely N-dealkylation sites (N-methyl/N-ethyl adjacent to an activating group) is 1. The molecule has 0 aromatic heterocycles. The lowest BCUT2D eigenvalue weighted by molar-refractivity contribution is -0.139. The van der Waals surface area contributed by atoms with E-state index >= 15 is 0 Å². The minimum Gasteiger partial charge on any atom is -0.486 e. The maximum atomic E-state index is 11.4. The molecule has 1 N–H and O–H groups in total. The third-order valence-corrected chi connectivity index (χ3v) is 3.55. The number of fused-ring (bicyclic) bond motifs is 1. The van der Waals surface area contributed by atoms with Crippen molar-refractivity contribution in [1.29, 1.82) is 0 Å². The molecule has 1 aliphatic rings. The van der Waals surface area contributed by atoms with Gasteiger partial charge >= 0.3 is 5.97 Å². The fourth-order valence-electron chi connectivity index (χ4n) is 2.23. The standard InChI is InChI=1S/C14H17NO4/c1-8-13(7-14(17)18)19-12-5-4-10(9(2)16)6-11(12)15(8)3/h4-6,8,13H,7H2,1-3H3,(H,17,18). The van der Waals surface area contributed by atoms with Gasteiger partial charge in [0, 0.05) is 12.6 Å². The normalized spacial score (nSPS) is 21.5. The molecule has 0 saturated carbocycles. The molecule has 5 nitrogen and oxygen atoms in total. The van der Waals surface area contributed by atoms with E-state index in [1.807, 2.05) is 18.9 Å². The highest BCUT2D eigenvalue weighted by Crippen LogP contribution is 2.36. The number of carboxylic acid groups (broad SMARTS) is 1. The van der Waals surface area contributed by atoms with E-state index in [4.69, 9.17) is 9.84 Å². The minimum absolute atomic E-state index is 0.00323. The van der Waals surface area contributed by atoms with Crippen LogP contribution in [0.2, 0.25) is 0 Å². The summed E-state index contributed by atoms with van der Waals surface area (Å²) in [5.74, 6) is -0.262. The van der Waals surface area contributed by atoms with Crippen LogP contribution in [0.15, 0.2) is 18.2 Å². The molecule has 0 aliphatic carbocycles. The third-order valence-electron chi connectivity index (χ3n) is 3.55. The van der Waals surface area contributed by atoms with Gasteiger partial charge in [-0.05, 0) is 32.0 Å². The van der Waals surface area contributed by atoms with E-state index in [-0.39, 0.29) is 18.2 Å². The molecular formula is C14H17NO4. The van der Waals surface area contributed by atoms with Crippen molar-refractivity contribution in [2.24, 2.45) is 0 Å². The number of carbonyl (C=O) groups is 2. The van der Waals surface area contributed by atoms with Crippen LogP contribution in [0.5, 0.6) is 5.75 Å². The highest BCUT2D eigenvalue weighted by Gasteiger charge is 2.32. The van der Waals surface area contributed by atoms with Crippen molar-refractivity contribution in [3.8, 4) is 5.75 Å². The summed E-state index contributed by atoms with van der Waals surface area (Å²) in [4.78, 5) is 24.2. The predicted molar refractivity (Wildman–Crippen MR) is 71.0 cm³/mol. The number of aliphatic carboxylic acids is 1. The van der Waals surface area contributed by atoms with Crippen LogP contribution in [0.25, 0.3) is 0 Å². The number of carbonyl (C=O) groups excluding carboxylic acids is 1. The van der Waals surface area contributed by atoms with Gasteiger partial charge in [-0.2, -0.15) is 0 Å². The largest absolute Gasteiger partial charge is 0.486 e. The molecule has 0 radical (unpaired) electrons. The van der Waals surface area contributed by atoms with Gasteiger partial charge in [0.05, 0.1) is 18.2 Å². The minimum atomic E-state index is -0.881. The highest BCUT2D eigenvalue weighted by atomic mass is 16.5. The van der Waals surface area contributed by atoms with Gasteiger partial charge in [-0.1, -0.05) is 0 Å². The van der Waals surface area contributed by atoms with Gasteiger partial charge in [-0.3, -0.25) is 9.59 Å². The lowest BCUT2D eigenvalue weighted by Gasteiger charge is -2.39. The van der Waals surface area contributed by atoms with Crippen molar-refractivity contribution in [2.45, 2.75) is 32.4 Å². The Labute approximate surface area is 111 Å². The first kappa shape index (κ1) is 13.4. The summed E-state index contributed by atoms with van der Waals surface area (Å²) in [7, 11) is 1.88. The summed E-state index contributed by atoms with van der Waals surface area (Å²) in [6.45, 7) is 3.43. The van der Waals surface area contributed by atoms with Gasteiger partial charge in [0.2, 0.25) is 0 Å². The molecule has 2 rings (SSSR count). The van der Waals surface area contributed by atoms with Crippen molar-refractivity contribution in [3.05, 3.63) is 23.8 Å². The number of Topliss-reactive ketones (excluding diaryl/α,β-unsaturated/α-hetero) is 1. The summed E-state index contributed by atoms with van der Waals surface area (Å²) < 4.78 is 5.73. The SMILES string of the molecule is CC(=O)c1ccc2c(c1)N(C)C(C)C(CC(=O)O)O2. The quantitative estimate of drug-likeness (QED) is 0.844. The number of nitrogens with zero attached hydrogens (tertiary/aromatic N) is 1. The number of hydrogen-bond acceptors (Lipinski definition) is 4. The molecule has 19 heavy (non-hydrogen) atoms. The average Bonchev–Trinajstić information content (AvgIpc) is 2.34. The van der Waals surface area contributed by atoms with Crippen LogP contribution in [-0.2, 0) is 4.79 Å². The van der Waals surface area contributed by atoms with Crippen LogP contribution in [0.3, 0.4) is 0 Å². The summed E-state index contributed by atoms with van der Waals surface area (Å²) in [6.07, 6.45) is -0.433. The molecule has 2 unspecified atom stereocenters. The predicted octanol–water partition coefficient (Wildman–Crippen LogP) is 1.95. The van der Waals surface area contributed by atoms with Gasteiger partial charge in [0.15, 0.2) is 5.78 Å². The van der Waals surface area contributed by atoms with E-state index in [2.05, 4.69) is 0 Å². The second-order valence-corrected chi connectivity index (χ2v) is 4.84. The molecule has 1 aromatic carbocycles. The molecule has 0 spiro atoms. The Morgan fingerprint density at radius 1 is 1.42 bits per heavy atom. The van der Waals surface area contributed by atoms with Crippen molar-refractivity contribution in [2.75, 3.05) is 11.9 Å². The Balaban J connectivity index is 2.35. The number of benzene rings is 1. The van der Waals surface area contributed by atoms with Gasteiger partial charge < -0.3 is 14.7 Å². The lowest BCUT2D eigenvalue weighted by Crippen LogP contribution is -2.47. The topological polar surface area (TPSA) is 66.8 Å². The summed E-state index contributed by atoms with van der Waals surface area (Å²) in [5, 5.41) is 8.89. The first-order valence-electron chi connectivity index (χ1n) is 6.16. The molecule has 2 atom stereocenters. The van der Waals surface area contributed by atoms with Crippen molar-refractivity contribution in [1.82, 2.24) is 0 Å². The van der Waals surface area contributed by atoms with Crippen molar-refractivity contribution in [3.63, 3.8) is 0 Å². The molecule has 5 heteroatoms. The number of anilines is 1. The fraction of sp³-hybridized carbons (Fsp3) is 0.429. The third kappa shape index (κ3) is 2.54. The number of ketones is 1. The maximum absolute atomic E-state index is 11.4. The van der Waals surface area contributed by atoms with Gasteiger partial charge in [0.25, 0.3) is 0 Å². The first-order chi connectivity index (χ1) is 8.90. The maximum Gasteiger partial charge on any atom is 0.307 e. The van der Waals surface area contributed by atoms with E-state index in [1.165, 1.54) is 6.92 Å². The Morgan fingerprint density at radius 2 is 2.11 bits per heavy atom. The van der Waals surface area contributed by atoms with E-state index in [0.29, 0.717) is 11.3 Å². The number of ether oxygens (including phenoxy) is 1. The van der Waals surface area contributed by atoms with Gasteiger partial charge in [-0.15, -0.1) is 0 Å². The van der Waals surface area contributed by atoms with Crippen LogP contribution in [-0.4, -0.2) is 36.1 Å². The number of carboxylic acids is 1. The van der Waals surface area contributed by atoms with Gasteiger partial charge in [-0.25, -0.2) is 0 Å².